The Hall–Kier alpha value is -7.29. The van der Waals surface area contributed by atoms with E-state index in [4.69, 9.17) is 17.2 Å². The molecule has 21 heteroatoms. The number of primary amides is 2. The van der Waals surface area contributed by atoms with Crippen molar-refractivity contribution in [1.82, 2.24) is 45.5 Å². The van der Waals surface area contributed by atoms with Crippen LogP contribution in [0.25, 0.3) is 0 Å². The lowest BCUT2D eigenvalue weighted by Crippen LogP contribution is -2.48. The number of carbonyl (C=O) groups excluding carboxylic acids is 5. The molecule has 0 radical (unpaired) electrons. The average molecular weight is 879 g/mol. The molecule has 0 aliphatic carbocycles. The maximum absolute atomic E-state index is 12.4. The number of rotatable bonds is 16. The molecule has 4 heterocycles. The van der Waals surface area contributed by atoms with Gasteiger partial charge >= 0.3 is 0 Å². The molecule has 0 bridgehead atoms. The number of anilines is 6. The molecule has 64 heavy (non-hydrogen) atoms. The van der Waals surface area contributed by atoms with Crippen LogP contribution in [0.2, 0.25) is 0 Å². The van der Waals surface area contributed by atoms with Gasteiger partial charge in [0.1, 0.15) is 0 Å². The molecule has 2 saturated heterocycles. The Bertz CT molecular complexity index is 2270. The van der Waals surface area contributed by atoms with E-state index in [0.717, 1.165) is 43.1 Å². The Morgan fingerprint density at radius 2 is 1.11 bits per heavy atom. The first kappa shape index (κ1) is 47.8. The summed E-state index contributed by atoms with van der Waals surface area (Å²) in [5.74, 6) is -0.434. The molecule has 2 atom stereocenters. The fourth-order valence-corrected chi connectivity index (χ4v) is 6.94. The summed E-state index contributed by atoms with van der Waals surface area (Å²) in [6.45, 7) is 13.9. The van der Waals surface area contributed by atoms with Crippen molar-refractivity contribution < 1.29 is 24.0 Å². The number of amides is 5. The molecule has 4 aromatic rings. The minimum absolute atomic E-state index is 0.0122. The Labute approximate surface area is 371 Å². The third kappa shape index (κ3) is 13.6. The molecular weight excluding hydrogens is 821 g/mol. The maximum Gasteiger partial charge on any atom is 0.273 e. The molecular formula is C43H58N16O5. The molecule has 2 aromatic carbocycles. The van der Waals surface area contributed by atoms with Crippen molar-refractivity contribution in [1.29, 1.82) is 0 Å². The van der Waals surface area contributed by atoms with Crippen LogP contribution in [-0.2, 0) is 14.4 Å². The van der Waals surface area contributed by atoms with E-state index in [1.165, 1.54) is 11.1 Å². The summed E-state index contributed by atoms with van der Waals surface area (Å²) < 4.78 is 0. The van der Waals surface area contributed by atoms with Crippen molar-refractivity contribution in [2.24, 2.45) is 17.2 Å². The van der Waals surface area contributed by atoms with Crippen LogP contribution >= 0.6 is 0 Å². The first-order chi connectivity index (χ1) is 30.6. The van der Waals surface area contributed by atoms with Crippen LogP contribution in [0.4, 0.5) is 34.9 Å². The number of benzene rings is 2. The van der Waals surface area contributed by atoms with E-state index in [2.05, 4.69) is 91.2 Å². The number of likely N-dealkylation sites (tertiary alicyclic amines) is 2. The monoisotopic (exact) mass is 878 g/mol. The predicted octanol–water partition coefficient (Wildman–Crippen LogP) is 2.74. The van der Waals surface area contributed by atoms with Gasteiger partial charge in [0.15, 0.2) is 23.0 Å². The number of carbonyl (C=O) groups is 5. The van der Waals surface area contributed by atoms with Crippen LogP contribution in [0, 0.1) is 0 Å². The summed E-state index contributed by atoms with van der Waals surface area (Å²) in [6, 6.07) is 15.5. The first-order valence-electron chi connectivity index (χ1n) is 21.2. The van der Waals surface area contributed by atoms with Crippen molar-refractivity contribution in [2.45, 2.75) is 77.3 Å². The van der Waals surface area contributed by atoms with Crippen molar-refractivity contribution in [3.05, 3.63) is 83.7 Å². The van der Waals surface area contributed by atoms with E-state index in [1.807, 2.05) is 48.5 Å². The molecule has 5 amide bonds. The molecule has 0 unspecified atom stereocenters. The summed E-state index contributed by atoms with van der Waals surface area (Å²) in [7, 11) is 0. The smallest absolute Gasteiger partial charge is 0.273 e. The summed E-state index contributed by atoms with van der Waals surface area (Å²) in [5, 5.41) is 30.9. The predicted molar refractivity (Wildman–Crippen MR) is 243 cm³/mol. The molecule has 0 spiro atoms. The lowest BCUT2D eigenvalue weighted by Gasteiger charge is -2.33. The molecule has 2 fully saturated rings. The van der Waals surface area contributed by atoms with E-state index in [1.54, 1.807) is 9.80 Å². The second kappa shape index (κ2) is 22.7. The Kier molecular flexibility index (Phi) is 16.9. The Morgan fingerprint density at radius 3 is 1.48 bits per heavy atom. The average Bonchev–Trinajstić information content (AvgIpc) is 3.28. The highest BCUT2D eigenvalue weighted by Gasteiger charge is 2.26. The largest absolute Gasteiger partial charge is 0.364 e. The number of aromatic nitrogens is 6. The standard InChI is InChI=1S/C23H30N8O3.C20H28N8O2/c1-4-18(32)25-12-19(33)31-11-5-6-17(13-31)27-23-28-22(20(21(24)34)29-30-23)26-16-9-7-15(8-10-16)14(2)3;1-12(2)13-5-7-14(8-6-13)23-19-17(18(22)30)26-27-20(25-19)24-15-4-3-9-28(11-15)16(29)10-21/h4,7-10,14,17H,1,5-6,11-13H2,2-3H3,(H2,24,34)(H,25,32)(H2,26,27,28,30);5-8,12,15H,3-4,9-11,21H2,1-2H3,(H2,22,30)(H2,23,24,25,27)/t17-;15-/m00/s1. The van der Waals surface area contributed by atoms with Gasteiger partial charge < -0.3 is 53.6 Å². The van der Waals surface area contributed by atoms with Gasteiger partial charge in [0.25, 0.3) is 11.8 Å². The molecule has 2 aliphatic heterocycles. The van der Waals surface area contributed by atoms with Crippen LogP contribution < -0.4 is 43.8 Å². The molecule has 6 rings (SSSR count). The van der Waals surface area contributed by atoms with Gasteiger partial charge in [0.05, 0.1) is 13.1 Å². The number of hydrogen-bond acceptors (Lipinski definition) is 16. The second-order valence-electron chi connectivity index (χ2n) is 16.0. The molecule has 0 saturated carbocycles. The SMILES string of the molecule is C=CC(=O)NCC(=O)N1CCC[C@H](Nc2nnc(C(N)=O)c(Nc3ccc(C(C)C)cc3)n2)C1.CC(C)c1ccc(Nc2nc(N[C@H]3CCCN(C(=O)CN)C3)nnc2C(N)=O)cc1. The summed E-state index contributed by atoms with van der Waals surface area (Å²) >= 11 is 0. The van der Waals surface area contributed by atoms with Gasteiger partial charge in [-0.2, -0.15) is 9.97 Å². The number of nitrogens with two attached hydrogens (primary N) is 3. The Morgan fingerprint density at radius 1 is 0.688 bits per heavy atom. The topological polar surface area (TPSA) is 307 Å². The number of nitrogens with one attached hydrogen (secondary N) is 5. The highest BCUT2D eigenvalue weighted by molar-refractivity contribution is 5.97. The lowest BCUT2D eigenvalue weighted by molar-refractivity contribution is -0.133. The number of piperidine rings is 2. The van der Waals surface area contributed by atoms with Crippen molar-refractivity contribution in [2.75, 3.05) is 60.5 Å². The van der Waals surface area contributed by atoms with Crippen molar-refractivity contribution >= 4 is 64.4 Å². The summed E-state index contributed by atoms with van der Waals surface area (Å²) in [6.07, 6.45) is 4.40. The zero-order valence-electron chi connectivity index (χ0n) is 36.6. The van der Waals surface area contributed by atoms with E-state index >= 15 is 0 Å². The molecule has 11 N–H and O–H groups in total. The zero-order chi connectivity index (χ0) is 46.3. The molecule has 2 aromatic heterocycles. The first-order valence-corrected chi connectivity index (χ1v) is 21.2. The highest BCUT2D eigenvalue weighted by Crippen LogP contribution is 2.24. The van der Waals surface area contributed by atoms with Crippen LogP contribution in [0.5, 0.6) is 0 Å². The van der Waals surface area contributed by atoms with Gasteiger partial charge in [-0.3, -0.25) is 24.0 Å². The Balaban J connectivity index is 0.000000243. The van der Waals surface area contributed by atoms with E-state index in [-0.39, 0.29) is 71.9 Å². The van der Waals surface area contributed by atoms with Gasteiger partial charge in [0.2, 0.25) is 29.6 Å². The third-order valence-corrected chi connectivity index (χ3v) is 10.5. The summed E-state index contributed by atoms with van der Waals surface area (Å²) in [4.78, 5) is 71.4. The number of hydrogen-bond donors (Lipinski definition) is 8. The van der Waals surface area contributed by atoms with Crippen molar-refractivity contribution in [3.63, 3.8) is 0 Å². The van der Waals surface area contributed by atoms with Gasteiger partial charge in [-0.1, -0.05) is 58.5 Å². The quantitative estimate of drug-likeness (QED) is 0.0751. The van der Waals surface area contributed by atoms with Gasteiger partial charge in [-0.05, 0) is 79.0 Å². The van der Waals surface area contributed by atoms with Gasteiger partial charge in [-0.25, -0.2) is 0 Å². The third-order valence-electron chi connectivity index (χ3n) is 10.5. The fraction of sp³-hybridized carbons (Fsp3) is 0.419. The highest BCUT2D eigenvalue weighted by atomic mass is 16.2. The van der Waals surface area contributed by atoms with Crippen LogP contribution in [0.3, 0.4) is 0 Å². The molecule has 21 nitrogen and oxygen atoms in total. The van der Waals surface area contributed by atoms with Gasteiger partial charge in [0, 0.05) is 49.6 Å². The second-order valence-corrected chi connectivity index (χ2v) is 16.0. The maximum atomic E-state index is 12.4. The van der Waals surface area contributed by atoms with E-state index < -0.39 is 17.7 Å². The van der Waals surface area contributed by atoms with Crippen LogP contribution in [-0.4, -0.2) is 121 Å². The normalized spacial score (nSPS) is 15.9. The minimum Gasteiger partial charge on any atom is -0.364 e. The van der Waals surface area contributed by atoms with Crippen LogP contribution in [0.15, 0.2) is 61.2 Å². The van der Waals surface area contributed by atoms with Gasteiger partial charge in [-0.15, -0.1) is 20.4 Å². The summed E-state index contributed by atoms with van der Waals surface area (Å²) in [5.41, 5.74) is 20.1. The van der Waals surface area contributed by atoms with Crippen LogP contribution in [0.1, 0.15) is 97.3 Å². The number of nitrogens with zero attached hydrogens (tertiary/aromatic N) is 8. The van der Waals surface area contributed by atoms with E-state index in [0.29, 0.717) is 38.0 Å². The lowest BCUT2D eigenvalue weighted by atomic mass is 10.0. The molecule has 340 valence electrons. The minimum atomic E-state index is -0.746. The van der Waals surface area contributed by atoms with Crippen molar-refractivity contribution in [3.8, 4) is 0 Å². The molecule has 2 aliphatic rings. The fourth-order valence-electron chi connectivity index (χ4n) is 6.94. The van der Waals surface area contributed by atoms with E-state index in [9.17, 15) is 24.0 Å². The zero-order valence-corrected chi connectivity index (χ0v) is 36.6.